The Labute approximate surface area is 286 Å². The summed E-state index contributed by atoms with van der Waals surface area (Å²) in [7, 11) is 3.66. The molecule has 5 rings (SSSR count). The average molecular weight is 670 g/mol. The molecule has 2 amide bonds. The molecule has 0 aliphatic carbocycles. The van der Waals surface area contributed by atoms with Gasteiger partial charge in [0.2, 0.25) is 11.9 Å². The molecule has 1 fully saturated rings. The number of halogens is 1. The van der Waals surface area contributed by atoms with Crippen LogP contribution in [-0.2, 0) is 16.0 Å². The third kappa shape index (κ3) is 9.30. The third-order valence-electron chi connectivity index (χ3n) is 8.80. The van der Waals surface area contributed by atoms with Crippen molar-refractivity contribution in [3.8, 4) is 16.9 Å². The van der Waals surface area contributed by atoms with Gasteiger partial charge in [-0.25, -0.2) is 14.2 Å². The first kappa shape index (κ1) is 35.2. The third-order valence-corrected chi connectivity index (χ3v) is 8.80. The second-order valence-electron chi connectivity index (χ2n) is 12.3. The summed E-state index contributed by atoms with van der Waals surface area (Å²) in [6.45, 7) is 9.42. The van der Waals surface area contributed by atoms with Crippen molar-refractivity contribution >= 4 is 35.1 Å². The lowest BCUT2D eigenvalue weighted by Gasteiger charge is -2.39. The normalized spacial score (nSPS) is 14.7. The summed E-state index contributed by atoms with van der Waals surface area (Å²) in [4.78, 5) is 38.5. The zero-order valence-corrected chi connectivity index (χ0v) is 28.7. The number of benzene rings is 3. The minimum absolute atomic E-state index is 0.0904. The molecule has 0 bridgehead atoms. The van der Waals surface area contributed by atoms with Gasteiger partial charge in [0.15, 0.2) is 0 Å². The zero-order chi connectivity index (χ0) is 34.9. The van der Waals surface area contributed by atoms with Gasteiger partial charge in [0.25, 0.3) is 0 Å². The van der Waals surface area contributed by atoms with E-state index in [1.807, 2.05) is 44.2 Å². The number of hydrogen-bond donors (Lipinski definition) is 3. The fraction of sp³-hybridized carbons (Fsp3) is 0.351. The summed E-state index contributed by atoms with van der Waals surface area (Å²) in [5.74, 6) is 0.296. The molecular weight excluding hydrogens is 625 g/mol. The van der Waals surface area contributed by atoms with Crippen molar-refractivity contribution < 1.29 is 23.5 Å². The van der Waals surface area contributed by atoms with E-state index in [1.54, 1.807) is 25.3 Å². The lowest BCUT2D eigenvalue weighted by Crippen LogP contribution is -2.50. The molecule has 0 saturated carbocycles. The number of amides is 2. The Morgan fingerprint density at radius 2 is 1.88 bits per heavy atom. The summed E-state index contributed by atoms with van der Waals surface area (Å²) in [5, 5.41) is 8.52. The number of carbonyl (C=O) groups excluding carboxylic acids is 2. The van der Waals surface area contributed by atoms with Gasteiger partial charge in [-0.2, -0.15) is 4.98 Å². The van der Waals surface area contributed by atoms with Crippen LogP contribution >= 0.6 is 0 Å². The summed E-state index contributed by atoms with van der Waals surface area (Å²) in [6.07, 6.45) is 1.47. The number of aryl methyl sites for hydroxylation is 2. The van der Waals surface area contributed by atoms with Crippen LogP contribution < -0.4 is 25.6 Å². The van der Waals surface area contributed by atoms with Crippen molar-refractivity contribution in [2.75, 3.05) is 62.5 Å². The number of nitrogens with zero attached hydrogens (tertiary/aromatic N) is 4. The first-order chi connectivity index (χ1) is 23.6. The molecule has 2 heterocycles. The van der Waals surface area contributed by atoms with Gasteiger partial charge in [-0.3, -0.25) is 10.1 Å². The molecule has 1 aliphatic rings. The van der Waals surface area contributed by atoms with E-state index in [0.717, 1.165) is 47.5 Å². The van der Waals surface area contributed by atoms with Gasteiger partial charge >= 0.3 is 6.09 Å². The molecule has 4 aromatic rings. The molecule has 1 unspecified atom stereocenters. The summed E-state index contributed by atoms with van der Waals surface area (Å²) in [5.41, 5.74) is 5.71. The molecule has 0 radical (unpaired) electrons. The van der Waals surface area contributed by atoms with E-state index in [-0.39, 0.29) is 29.9 Å². The minimum Gasteiger partial charge on any atom is -0.409 e. The van der Waals surface area contributed by atoms with E-state index in [1.165, 1.54) is 18.3 Å². The SMILES string of the molecule is COCCNC(=O)CCc1ccc(-c2cccc(C)c2C)c(OC(=O)Nc2ccnc(Nc3ccc(N4CCN(C)C(C)C4)c(F)c3)n2)c1. The first-order valence-electron chi connectivity index (χ1n) is 16.4. The van der Waals surface area contributed by atoms with E-state index in [0.29, 0.717) is 42.7 Å². The standard InChI is InChI=1S/C37H44FN7O4/c1-24-7-6-8-29(26(24)3)30-12-9-27(10-14-35(46)39-17-20-48-5)21-33(30)49-37(47)43-34-15-16-40-36(42-34)41-28-11-13-32(31(38)22-28)45-19-18-44(4)25(2)23-45/h6-9,11-13,15-16,21-22,25H,10,14,17-20,23H2,1-5H3,(H,39,46)(H2,40,41,42,43,47). The highest BCUT2D eigenvalue weighted by Gasteiger charge is 2.23. The predicted molar refractivity (Wildman–Crippen MR) is 190 cm³/mol. The topological polar surface area (TPSA) is 121 Å². The lowest BCUT2D eigenvalue weighted by atomic mass is 9.95. The molecule has 1 atom stereocenters. The molecular formula is C37H44FN7O4. The number of piperazine rings is 1. The number of aromatic nitrogens is 2. The molecule has 1 aliphatic heterocycles. The maximum atomic E-state index is 15.2. The molecule has 258 valence electrons. The van der Waals surface area contributed by atoms with Crippen LogP contribution in [0.4, 0.5) is 32.3 Å². The highest BCUT2D eigenvalue weighted by Crippen LogP contribution is 2.35. The van der Waals surface area contributed by atoms with Crippen molar-refractivity contribution in [1.82, 2.24) is 20.2 Å². The van der Waals surface area contributed by atoms with Crippen LogP contribution in [0.25, 0.3) is 11.1 Å². The number of rotatable bonds is 12. The summed E-state index contributed by atoms with van der Waals surface area (Å²) >= 11 is 0. The maximum absolute atomic E-state index is 15.2. The summed E-state index contributed by atoms with van der Waals surface area (Å²) in [6, 6.07) is 18.4. The number of methoxy groups -OCH3 is 1. The van der Waals surface area contributed by atoms with E-state index in [9.17, 15) is 9.59 Å². The lowest BCUT2D eigenvalue weighted by molar-refractivity contribution is -0.121. The van der Waals surface area contributed by atoms with Crippen molar-refractivity contribution in [1.29, 1.82) is 0 Å². The van der Waals surface area contributed by atoms with Crippen molar-refractivity contribution in [2.45, 2.75) is 39.7 Å². The van der Waals surface area contributed by atoms with Crippen molar-refractivity contribution in [3.05, 3.63) is 89.4 Å². The van der Waals surface area contributed by atoms with Gasteiger partial charge in [-0.05, 0) is 86.8 Å². The molecule has 12 heteroatoms. The Morgan fingerprint density at radius 3 is 2.65 bits per heavy atom. The second kappa shape index (κ2) is 16.4. The van der Waals surface area contributed by atoms with Gasteiger partial charge in [-0.1, -0.05) is 30.3 Å². The largest absolute Gasteiger partial charge is 0.418 e. The minimum atomic E-state index is -0.748. The fourth-order valence-corrected chi connectivity index (χ4v) is 5.67. The van der Waals surface area contributed by atoms with E-state index in [2.05, 4.69) is 49.7 Å². The fourth-order valence-electron chi connectivity index (χ4n) is 5.67. The van der Waals surface area contributed by atoms with Gasteiger partial charge < -0.3 is 29.9 Å². The van der Waals surface area contributed by atoms with E-state index < -0.39 is 6.09 Å². The molecule has 3 aromatic carbocycles. The molecule has 49 heavy (non-hydrogen) atoms. The molecule has 1 aromatic heterocycles. The van der Waals surface area contributed by atoms with Crippen LogP contribution in [0.15, 0.2) is 66.9 Å². The molecule has 11 nitrogen and oxygen atoms in total. The number of carbonyl (C=O) groups is 2. The Kier molecular flexibility index (Phi) is 11.8. The predicted octanol–water partition coefficient (Wildman–Crippen LogP) is 6.09. The van der Waals surface area contributed by atoms with Crippen LogP contribution in [0.5, 0.6) is 5.75 Å². The van der Waals surface area contributed by atoms with Crippen LogP contribution in [0, 0.1) is 19.7 Å². The van der Waals surface area contributed by atoms with Crippen LogP contribution in [0.1, 0.15) is 30.0 Å². The average Bonchev–Trinajstić information content (AvgIpc) is 3.07. The smallest absolute Gasteiger partial charge is 0.409 e. The molecule has 1 saturated heterocycles. The van der Waals surface area contributed by atoms with Gasteiger partial charge in [0.05, 0.1) is 12.3 Å². The Bertz CT molecular complexity index is 1790. The second-order valence-corrected chi connectivity index (χ2v) is 12.3. The Balaban J connectivity index is 1.28. The van der Waals surface area contributed by atoms with Crippen LogP contribution in [-0.4, -0.2) is 79.9 Å². The first-order valence-corrected chi connectivity index (χ1v) is 16.4. The van der Waals surface area contributed by atoms with E-state index in [4.69, 9.17) is 9.47 Å². The Hall–Kier alpha value is -5.07. The molecule has 0 spiro atoms. The quantitative estimate of drug-likeness (QED) is 0.154. The van der Waals surface area contributed by atoms with Crippen LogP contribution in [0.3, 0.4) is 0 Å². The zero-order valence-electron chi connectivity index (χ0n) is 28.7. The number of ether oxygens (including phenoxy) is 2. The van der Waals surface area contributed by atoms with Gasteiger partial charge in [0, 0.05) is 63.2 Å². The van der Waals surface area contributed by atoms with Gasteiger partial charge in [-0.15, -0.1) is 0 Å². The van der Waals surface area contributed by atoms with Crippen LogP contribution in [0.2, 0.25) is 0 Å². The Morgan fingerprint density at radius 1 is 1.04 bits per heavy atom. The van der Waals surface area contributed by atoms with Crippen molar-refractivity contribution in [2.24, 2.45) is 0 Å². The molecule has 3 N–H and O–H groups in total. The maximum Gasteiger partial charge on any atom is 0.418 e. The number of nitrogens with one attached hydrogen (secondary N) is 3. The van der Waals surface area contributed by atoms with E-state index >= 15 is 4.39 Å². The van der Waals surface area contributed by atoms with Crippen molar-refractivity contribution in [3.63, 3.8) is 0 Å². The highest BCUT2D eigenvalue weighted by atomic mass is 19.1. The number of anilines is 4. The number of hydrogen-bond acceptors (Lipinski definition) is 9. The number of likely N-dealkylation sites (N-methyl/N-ethyl adjacent to an activating group) is 1. The monoisotopic (exact) mass is 669 g/mol. The van der Waals surface area contributed by atoms with Gasteiger partial charge in [0.1, 0.15) is 17.4 Å². The summed E-state index contributed by atoms with van der Waals surface area (Å²) < 4.78 is 26.0. The highest BCUT2D eigenvalue weighted by molar-refractivity contribution is 5.87.